The number of likely N-dealkylation sites (tertiary alicyclic amines) is 1. The summed E-state index contributed by atoms with van der Waals surface area (Å²) in [5, 5.41) is 0. The lowest BCUT2D eigenvalue weighted by Gasteiger charge is -2.19. The third-order valence-corrected chi connectivity index (χ3v) is 4.33. The van der Waals surface area contributed by atoms with Crippen LogP contribution in [0.1, 0.15) is 18.4 Å². The lowest BCUT2D eigenvalue weighted by Crippen LogP contribution is -2.30. The van der Waals surface area contributed by atoms with E-state index >= 15 is 0 Å². The highest BCUT2D eigenvalue weighted by molar-refractivity contribution is 7.86. The zero-order valence-electron chi connectivity index (χ0n) is 10.1. The molecule has 2 rings (SSSR count). The molecule has 1 heterocycles. The van der Waals surface area contributed by atoms with Crippen molar-refractivity contribution in [3.63, 3.8) is 0 Å². The molecule has 1 aliphatic heterocycles. The minimum absolute atomic E-state index is 0.225. The molecule has 1 aromatic carbocycles. The van der Waals surface area contributed by atoms with Gasteiger partial charge in [-0.3, -0.25) is 4.90 Å². The van der Waals surface area contributed by atoms with Crippen LogP contribution in [0.4, 0.5) is 0 Å². The minimum Gasteiger partial charge on any atom is -0.280 e. The van der Waals surface area contributed by atoms with Crippen LogP contribution in [-0.2, 0) is 14.3 Å². The lowest BCUT2D eigenvalue weighted by molar-refractivity contribution is 0.0879. The molecular weight excluding hydrogens is 238 g/mol. The van der Waals surface area contributed by atoms with Crippen LogP contribution >= 0.6 is 0 Å². The number of aryl methyl sites for hydroxylation is 1. The Bertz CT molecular complexity index is 481. The third kappa shape index (κ3) is 2.86. The molecule has 1 unspecified atom stereocenters. The van der Waals surface area contributed by atoms with Gasteiger partial charge in [0, 0.05) is 6.54 Å². The van der Waals surface area contributed by atoms with Gasteiger partial charge in [0.1, 0.15) is 6.23 Å². The summed E-state index contributed by atoms with van der Waals surface area (Å²) in [5.41, 5.74) is 1.03. The van der Waals surface area contributed by atoms with E-state index in [4.69, 9.17) is 4.18 Å². The quantitative estimate of drug-likeness (QED) is 0.772. The van der Waals surface area contributed by atoms with Crippen molar-refractivity contribution in [3.8, 4) is 0 Å². The first-order valence-corrected chi connectivity index (χ1v) is 7.10. The smallest absolute Gasteiger partial charge is 0.280 e. The molecule has 0 aromatic heterocycles. The summed E-state index contributed by atoms with van der Waals surface area (Å²) in [6, 6.07) is 6.71. The van der Waals surface area contributed by atoms with Gasteiger partial charge >= 0.3 is 0 Å². The van der Waals surface area contributed by atoms with Crippen molar-refractivity contribution < 1.29 is 12.6 Å². The first-order valence-electron chi connectivity index (χ1n) is 5.69. The second-order valence-electron chi connectivity index (χ2n) is 4.44. The maximum absolute atomic E-state index is 12.0. The van der Waals surface area contributed by atoms with E-state index in [9.17, 15) is 8.42 Å². The average molecular weight is 255 g/mol. The molecule has 4 nitrogen and oxygen atoms in total. The molecule has 0 bridgehead atoms. The zero-order valence-corrected chi connectivity index (χ0v) is 10.9. The Balaban J connectivity index is 2.16. The molecule has 0 amide bonds. The van der Waals surface area contributed by atoms with Gasteiger partial charge in [0.15, 0.2) is 0 Å². The second kappa shape index (κ2) is 4.76. The van der Waals surface area contributed by atoms with E-state index < -0.39 is 10.1 Å². The van der Waals surface area contributed by atoms with E-state index in [0.717, 1.165) is 24.9 Å². The van der Waals surface area contributed by atoms with Crippen molar-refractivity contribution in [2.24, 2.45) is 0 Å². The Kier molecular flexibility index (Phi) is 3.51. The van der Waals surface area contributed by atoms with E-state index in [1.54, 1.807) is 24.3 Å². The van der Waals surface area contributed by atoms with E-state index in [2.05, 4.69) is 0 Å². The largest absolute Gasteiger partial charge is 0.298 e. The highest BCUT2D eigenvalue weighted by atomic mass is 32.2. The predicted octanol–water partition coefficient (Wildman–Crippen LogP) is 1.75. The molecule has 1 aromatic rings. The van der Waals surface area contributed by atoms with Gasteiger partial charge in [-0.25, -0.2) is 4.18 Å². The van der Waals surface area contributed by atoms with Crippen molar-refractivity contribution in [1.29, 1.82) is 0 Å². The standard InChI is InChI=1S/C12H17NO3S/c1-10-5-7-11(8-6-10)17(14,15)16-12-4-3-9-13(12)2/h5-8,12H,3-4,9H2,1-2H3. The van der Waals surface area contributed by atoms with Gasteiger partial charge in [0.05, 0.1) is 4.90 Å². The molecule has 0 aliphatic carbocycles. The van der Waals surface area contributed by atoms with E-state index in [1.807, 2.05) is 18.9 Å². The molecule has 17 heavy (non-hydrogen) atoms. The molecule has 5 heteroatoms. The zero-order chi connectivity index (χ0) is 12.5. The van der Waals surface area contributed by atoms with Crippen LogP contribution in [0.25, 0.3) is 0 Å². The number of rotatable bonds is 3. The highest BCUT2D eigenvalue weighted by Gasteiger charge is 2.28. The lowest BCUT2D eigenvalue weighted by atomic mass is 10.2. The van der Waals surface area contributed by atoms with Crippen molar-refractivity contribution in [3.05, 3.63) is 29.8 Å². The predicted molar refractivity (Wildman–Crippen MR) is 65.1 cm³/mol. The first-order chi connectivity index (χ1) is 7.99. The fraction of sp³-hybridized carbons (Fsp3) is 0.500. The van der Waals surface area contributed by atoms with Gasteiger partial charge in [0.25, 0.3) is 10.1 Å². The molecule has 0 radical (unpaired) electrons. The Morgan fingerprint density at radius 1 is 1.29 bits per heavy atom. The van der Waals surface area contributed by atoms with Crippen molar-refractivity contribution >= 4 is 10.1 Å². The van der Waals surface area contributed by atoms with Crippen LogP contribution in [-0.4, -0.2) is 33.1 Å². The van der Waals surface area contributed by atoms with Crippen LogP contribution in [0.5, 0.6) is 0 Å². The first kappa shape index (κ1) is 12.5. The molecule has 1 fully saturated rings. The van der Waals surface area contributed by atoms with E-state index in [0.29, 0.717) is 0 Å². The molecule has 0 saturated carbocycles. The van der Waals surface area contributed by atoms with Gasteiger partial charge in [-0.1, -0.05) is 17.7 Å². The average Bonchev–Trinajstić information content (AvgIpc) is 2.64. The normalized spacial score (nSPS) is 21.9. The summed E-state index contributed by atoms with van der Waals surface area (Å²) < 4.78 is 29.2. The number of hydrogen-bond donors (Lipinski definition) is 0. The molecule has 1 saturated heterocycles. The Hall–Kier alpha value is -0.910. The summed E-state index contributed by atoms with van der Waals surface area (Å²) in [7, 11) is -1.76. The molecular formula is C12H17NO3S. The summed E-state index contributed by atoms with van der Waals surface area (Å²) in [6.07, 6.45) is 1.42. The molecule has 94 valence electrons. The van der Waals surface area contributed by atoms with Gasteiger partial charge in [-0.15, -0.1) is 0 Å². The summed E-state index contributed by atoms with van der Waals surface area (Å²) in [6.45, 7) is 2.80. The topological polar surface area (TPSA) is 46.6 Å². The molecule has 1 atom stereocenters. The maximum atomic E-state index is 12.0. The fourth-order valence-corrected chi connectivity index (χ4v) is 3.02. The van der Waals surface area contributed by atoms with Gasteiger partial charge in [-0.2, -0.15) is 8.42 Å². The van der Waals surface area contributed by atoms with Gasteiger partial charge in [-0.05, 0) is 38.9 Å². The molecule has 0 spiro atoms. The van der Waals surface area contributed by atoms with E-state index in [1.165, 1.54) is 0 Å². The number of hydrogen-bond acceptors (Lipinski definition) is 4. The van der Waals surface area contributed by atoms with Crippen LogP contribution in [0.3, 0.4) is 0 Å². The molecule has 1 aliphatic rings. The van der Waals surface area contributed by atoms with Crippen LogP contribution in [0.15, 0.2) is 29.2 Å². The summed E-state index contributed by atoms with van der Waals surface area (Å²) in [5.74, 6) is 0. The summed E-state index contributed by atoms with van der Waals surface area (Å²) in [4.78, 5) is 2.15. The Morgan fingerprint density at radius 2 is 1.94 bits per heavy atom. The third-order valence-electron chi connectivity index (χ3n) is 3.00. The number of benzene rings is 1. The van der Waals surface area contributed by atoms with Gasteiger partial charge < -0.3 is 0 Å². The van der Waals surface area contributed by atoms with Gasteiger partial charge in [0.2, 0.25) is 0 Å². The van der Waals surface area contributed by atoms with Crippen molar-refractivity contribution in [2.45, 2.75) is 30.9 Å². The fourth-order valence-electron chi connectivity index (χ4n) is 1.91. The monoisotopic (exact) mass is 255 g/mol. The minimum atomic E-state index is -3.64. The Morgan fingerprint density at radius 3 is 2.47 bits per heavy atom. The molecule has 0 N–H and O–H groups in total. The van der Waals surface area contributed by atoms with Crippen molar-refractivity contribution in [2.75, 3.05) is 13.6 Å². The van der Waals surface area contributed by atoms with Crippen LogP contribution in [0.2, 0.25) is 0 Å². The highest BCUT2D eigenvalue weighted by Crippen LogP contribution is 2.22. The summed E-state index contributed by atoms with van der Waals surface area (Å²) >= 11 is 0. The number of nitrogens with zero attached hydrogens (tertiary/aromatic N) is 1. The van der Waals surface area contributed by atoms with Crippen molar-refractivity contribution in [1.82, 2.24) is 4.90 Å². The SMILES string of the molecule is Cc1ccc(S(=O)(=O)OC2CCCN2C)cc1. The van der Waals surface area contributed by atoms with E-state index in [-0.39, 0.29) is 11.1 Å². The maximum Gasteiger partial charge on any atom is 0.298 e. The second-order valence-corrected chi connectivity index (χ2v) is 6.01. The van der Waals surface area contributed by atoms with Crippen LogP contribution in [0, 0.1) is 6.92 Å². The van der Waals surface area contributed by atoms with Crippen LogP contribution < -0.4 is 0 Å². The Labute approximate surface area is 102 Å².